The third-order valence-electron chi connectivity index (χ3n) is 2.52. The van der Waals surface area contributed by atoms with Crippen LogP contribution in [-0.2, 0) is 16.0 Å². The van der Waals surface area contributed by atoms with Crippen molar-refractivity contribution in [1.29, 1.82) is 0 Å². The highest BCUT2D eigenvalue weighted by Gasteiger charge is 2.11. The Morgan fingerprint density at radius 2 is 1.95 bits per heavy atom. The van der Waals surface area contributed by atoms with Crippen molar-refractivity contribution in [2.45, 2.75) is 26.2 Å². The first-order valence-electron chi connectivity index (χ1n) is 6.03. The van der Waals surface area contributed by atoms with Gasteiger partial charge in [-0.1, -0.05) is 22.9 Å². The fraction of sp³-hybridized carbons (Fsp3) is 0.308. The van der Waals surface area contributed by atoms with Crippen LogP contribution >= 0.6 is 15.9 Å². The van der Waals surface area contributed by atoms with E-state index in [1.165, 1.54) is 0 Å². The molecule has 1 aromatic rings. The molecule has 0 atom stereocenters. The lowest BCUT2D eigenvalue weighted by Crippen LogP contribution is -2.34. The van der Waals surface area contributed by atoms with E-state index in [4.69, 9.17) is 5.11 Å². The van der Waals surface area contributed by atoms with Crippen molar-refractivity contribution in [3.63, 3.8) is 0 Å². The summed E-state index contributed by atoms with van der Waals surface area (Å²) in [7, 11) is 0. The fourth-order valence-corrected chi connectivity index (χ4v) is 1.95. The lowest BCUT2D eigenvalue weighted by atomic mass is 10.1. The maximum atomic E-state index is 11.6. The van der Waals surface area contributed by atoms with Gasteiger partial charge in [0.25, 0.3) is 0 Å². The number of carboxylic acid groups (broad SMARTS) is 1. The van der Waals surface area contributed by atoms with Gasteiger partial charge in [-0.15, -0.1) is 0 Å². The van der Waals surface area contributed by atoms with Crippen LogP contribution in [0.2, 0.25) is 0 Å². The molecule has 0 aliphatic rings. The summed E-state index contributed by atoms with van der Waals surface area (Å²) >= 11 is 3.34. The maximum absolute atomic E-state index is 11.6. The van der Waals surface area contributed by atoms with E-state index >= 15 is 0 Å². The molecule has 0 heterocycles. The Morgan fingerprint density at radius 3 is 2.55 bits per heavy atom. The zero-order chi connectivity index (χ0) is 15.1. The number of nitrogens with one attached hydrogen (secondary N) is 2. The molecule has 0 saturated carbocycles. The highest BCUT2D eigenvalue weighted by atomic mass is 79.9. The highest BCUT2D eigenvalue weighted by Crippen LogP contribution is 2.21. The third kappa shape index (κ3) is 5.40. The first-order chi connectivity index (χ1) is 9.42. The van der Waals surface area contributed by atoms with Gasteiger partial charge in [-0.3, -0.25) is 14.9 Å². The van der Waals surface area contributed by atoms with Crippen molar-refractivity contribution >= 4 is 39.5 Å². The molecule has 0 aliphatic heterocycles. The van der Waals surface area contributed by atoms with Crippen molar-refractivity contribution in [2.24, 2.45) is 0 Å². The second-order valence-corrected chi connectivity index (χ2v) is 4.97. The van der Waals surface area contributed by atoms with E-state index < -0.39 is 17.9 Å². The second-order valence-electron chi connectivity index (χ2n) is 4.05. The number of amides is 3. The molecular weight excluding hydrogens is 328 g/mol. The van der Waals surface area contributed by atoms with E-state index in [0.717, 1.165) is 16.5 Å². The summed E-state index contributed by atoms with van der Waals surface area (Å²) in [5.41, 5.74) is 1.53. The van der Waals surface area contributed by atoms with Crippen LogP contribution in [-0.4, -0.2) is 23.0 Å². The number of imide groups is 1. The van der Waals surface area contributed by atoms with Crippen LogP contribution in [0, 0.1) is 0 Å². The standard InChI is InChI=1S/C13H15BrN2O4/c1-2-8-7-9(14)3-4-10(8)15-13(20)16-11(17)5-6-12(18)19/h3-4,7H,2,5-6H2,1H3,(H,18,19)(H2,15,16,17,20). The summed E-state index contributed by atoms with van der Waals surface area (Å²) in [4.78, 5) is 33.2. The number of carbonyl (C=O) groups excluding carboxylic acids is 2. The first-order valence-corrected chi connectivity index (χ1v) is 6.82. The van der Waals surface area contributed by atoms with Gasteiger partial charge in [-0.05, 0) is 30.2 Å². The summed E-state index contributed by atoms with van der Waals surface area (Å²) in [6, 6.07) is 4.71. The van der Waals surface area contributed by atoms with Crippen LogP contribution in [0.3, 0.4) is 0 Å². The molecule has 0 saturated heterocycles. The van der Waals surface area contributed by atoms with Gasteiger partial charge in [0.05, 0.1) is 6.42 Å². The van der Waals surface area contributed by atoms with Crippen LogP contribution < -0.4 is 10.6 Å². The Morgan fingerprint density at radius 1 is 1.25 bits per heavy atom. The van der Waals surface area contributed by atoms with Crippen molar-refractivity contribution in [3.8, 4) is 0 Å². The maximum Gasteiger partial charge on any atom is 0.325 e. The number of aliphatic carboxylic acids is 1. The number of halogens is 1. The third-order valence-corrected chi connectivity index (χ3v) is 3.01. The molecular formula is C13H15BrN2O4. The van der Waals surface area contributed by atoms with Gasteiger partial charge in [-0.25, -0.2) is 4.79 Å². The van der Waals surface area contributed by atoms with Gasteiger partial charge >= 0.3 is 12.0 Å². The normalized spacial score (nSPS) is 9.90. The predicted octanol–water partition coefficient (Wildman–Crippen LogP) is 2.52. The lowest BCUT2D eigenvalue weighted by molar-refractivity contribution is -0.138. The summed E-state index contributed by atoms with van der Waals surface area (Å²) < 4.78 is 0.901. The van der Waals surface area contributed by atoms with Crippen LogP contribution in [0.5, 0.6) is 0 Å². The second kappa shape index (κ2) is 7.64. The van der Waals surface area contributed by atoms with Gasteiger partial charge in [-0.2, -0.15) is 0 Å². The van der Waals surface area contributed by atoms with Crippen molar-refractivity contribution < 1.29 is 19.5 Å². The van der Waals surface area contributed by atoms with Crippen molar-refractivity contribution in [2.75, 3.05) is 5.32 Å². The molecule has 0 fully saturated rings. The minimum atomic E-state index is -1.08. The molecule has 1 aromatic carbocycles. The van der Waals surface area contributed by atoms with Gasteiger partial charge < -0.3 is 10.4 Å². The smallest absolute Gasteiger partial charge is 0.325 e. The molecule has 0 radical (unpaired) electrons. The number of hydrogen-bond acceptors (Lipinski definition) is 3. The number of aryl methyl sites for hydroxylation is 1. The molecule has 0 aromatic heterocycles. The molecule has 1 rings (SSSR count). The van der Waals surface area contributed by atoms with E-state index in [1.54, 1.807) is 12.1 Å². The minimum absolute atomic E-state index is 0.232. The topological polar surface area (TPSA) is 95.5 Å². The number of carbonyl (C=O) groups is 3. The molecule has 0 bridgehead atoms. The summed E-state index contributed by atoms with van der Waals surface area (Å²) in [6.07, 6.45) is 0.184. The predicted molar refractivity (Wildman–Crippen MR) is 77.6 cm³/mol. The summed E-state index contributed by atoms with van der Waals surface area (Å²) in [5, 5.41) is 13.1. The number of benzene rings is 1. The number of carboxylic acids is 1. The Hall–Kier alpha value is -1.89. The number of anilines is 1. The Bertz CT molecular complexity index is 531. The van der Waals surface area contributed by atoms with Gasteiger partial charge in [0, 0.05) is 16.6 Å². The van der Waals surface area contributed by atoms with Crippen LogP contribution in [0.4, 0.5) is 10.5 Å². The molecule has 0 aliphatic carbocycles. The fourth-order valence-electron chi connectivity index (χ4n) is 1.54. The van der Waals surface area contributed by atoms with Crippen LogP contribution in [0.1, 0.15) is 25.3 Å². The zero-order valence-electron chi connectivity index (χ0n) is 10.9. The van der Waals surface area contributed by atoms with Crippen LogP contribution in [0.15, 0.2) is 22.7 Å². The molecule has 3 amide bonds. The van der Waals surface area contributed by atoms with E-state index in [9.17, 15) is 14.4 Å². The minimum Gasteiger partial charge on any atom is -0.481 e. The Balaban J connectivity index is 2.58. The highest BCUT2D eigenvalue weighted by molar-refractivity contribution is 9.10. The van der Waals surface area contributed by atoms with E-state index in [-0.39, 0.29) is 12.8 Å². The molecule has 3 N–H and O–H groups in total. The Kier molecular flexibility index (Phi) is 6.17. The van der Waals surface area contributed by atoms with E-state index in [2.05, 4.69) is 26.6 Å². The van der Waals surface area contributed by atoms with E-state index in [0.29, 0.717) is 5.69 Å². The molecule has 7 heteroatoms. The zero-order valence-corrected chi connectivity index (χ0v) is 12.5. The van der Waals surface area contributed by atoms with Gasteiger partial charge in [0.15, 0.2) is 0 Å². The first kappa shape index (κ1) is 16.2. The van der Waals surface area contributed by atoms with Crippen molar-refractivity contribution in [1.82, 2.24) is 5.32 Å². The lowest BCUT2D eigenvalue weighted by Gasteiger charge is -2.10. The largest absolute Gasteiger partial charge is 0.481 e. The summed E-state index contributed by atoms with van der Waals surface area (Å²) in [6.45, 7) is 1.95. The quantitative estimate of drug-likeness (QED) is 0.766. The molecule has 0 unspecified atom stereocenters. The number of hydrogen-bond donors (Lipinski definition) is 3. The van der Waals surface area contributed by atoms with Crippen LogP contribution in [0.25, 0.3) is 0 Å². The monoisotopic (exact) mass is 342 g/mol. The molecule has 108 valence electrons. The number of urea groups is 1. The SMILES string of the molecule is CCc1cc(Br)ccc1NC(=O)NC(=O)CCC(=O)O. The average Bonchev–Trinajstić information content (AvgIpc) is 2.38. The van der Waals surface area contributed by atoms with Crippen molar-refractivity contribution in [3.05, 3.63) is 28.2 Å². The molecule has 0 spiro atoms. The van der Waals surface area contributed by atoms with Gasteiger partial charge in [0.1, 0.15) is 0 Å². The number of rotatable bonds is 5. The Labute approximate surface area is 124 Å². The summed E-state index contributed by atoms with van der Waals surface area (Å²) in [5.74, 6) is -1.71. The van der Waals surface area contributed by atoms with E-state index in [1.807, 2.05) is 13.0 Å². The molecule has 20 heavy (non-hydrogen) atoms. The molecule has 6 nitrogen and oxygen atoms in total. The average molecular weight is 343 g/mol. The van der Waals surface area contributed by atoms with Gasteiger partial charge in [0.2, 0.25) is 5.91 Å².